The maximum atomic E-state index is 12.5. The first-order chi connectivity index (χ1) is 10.6. The average molecular weight is 288 g/mol. The lowest BCUT2D eigenvalue weighted by Crippen LogP contribution is -2.30. The fourth-order valence-electron chi connectivity index (χ4n) is 2.60. The number of para-hydroxylation sites is 2. The van der Waals surface area contributed by atoms with Gasteiger partial charge in [0.2, 0.25) is 0 Å². The van der Waals surface area contributed by atoms with Crippen LogP contribution in [0.15, 0.2) is 60.9 Å². The summed E-state index contributed by atoms with van der Waals surface area (Å²) in [6, 6.07) is 15.1. The van der Waals surface area contributed by atoms with E-state index < -0.39 is 0 Å². The van der Waals surface area contributed by atoms with E-state index in [1.54, 1.807) is 24.3 Å². The van der Waals surface area contributed by atoms with E-state index in [0.29, 0.717) is 5.56 Å². The van der Waals surface area contributed by atoms with E-state index in [4.69, 9.17) is 6.42 Å². The Kier molecular flexibility index (Phi) is 3.44. The van der Waals surface area contributed by atoms with Crippen molar-refractivity contribution < 1.29 is 4.79 Å². The highest BCUT2D eigenvalue weighted by molar-refractivity contribution is 6.01. The maximum Gasteiger partial charge on any atom is 0.182 e. The molecule has 2 aromatic carbocycles. The van der Waals surface area contributed by atoms with E-state index in [1.165, 1.54) is 0 Å². The second kappa shape index (κ2) is 5.42. The van der Waals surface area contributed by atoms with Gasteiger partial charge in [0.1, 0.15) is 5.82 Å². The van der Waals surface area contributed by atoms with Crippen LogP contribution < -0.4 is 9.80 Å². The number of anilines is 2. The number of carbonyl (C=O) groups is 1. The highest BCUT2D eigenvalue weighted by Gasteiger charge is 2.28. The first-order valence-electron chi connectivity index (χ1n) is 7.01. The molecule has 1 aliphatic rings. The summed E-state index contributed by atoms with van der Waals surface area (Å²) in [5, 5.41) is 0. The third-order valence-corrected chi connectivity index (χ3v) is 3.91. The van der Waals surface area contributed by atoms with Gasteiger partial charge in [-0.05, 0) is 24.3 Å². The van der Waals surface area contributed by atoms with E-state index in [1.807, 2.05) is 41.1 Å². The Morgan fingerprint density at radius 1 is 1.14 bits per heavy atom. The molecule has 3 nitrogen and oxygen atoms in total. The summed E-state index contributed by atoms with van der Waals surface area (Å²) in [4.78, 5) is 16.4. The molecule has 22 heavy (non-hydrogen) atoms. The van der Waals surface area contributed by atoms with Gasteiger partial charge < -0.3 is 9.80 Å². The third kappa shape index (κ3) is 2.25. The van der Waals surface area contributed by atoms with Crippen molar-refractivity contribution in [2.75, 3.05) is 23.4 Å². The van der Waals surface area contributed by atoms with E-state index in [0.717, 1.165) is 22.8 Å². The molecule has 0 amide bonds. The summed E-state index contributed by atoms with van der Waals surface area (Å²) >= 11 is 0. The summed E-state index contributed by atoms with van der Waals surface area (Å²) in [6.45, 7) is 4.34. The third-order valence-electron chi connectivity index (χ3n) is 3.91. The smallest absolute Gasteiger partial charge is 0.182 e. The number of hydrogen-bond donors (Lipinski definition) is 0. The van der Waals surface area contributed by atoms with Gasteiger partial charge in [0.05, 0.1) is 17.9 Å². The van der Waals surface area contributed by atoms with Crippen molar-refractivity contribution in [2.24, 2.45) is 0 Å². The fourth-order valence-corrected chi connectivity index (χ4v) is 2.60. The second-order valence-electron chi connectivity index (χ2n) is 5.19. The van der Waals surface area contributed by atoms with Crippen LogP contribution in [-0.4, -0.2) is 19.4 Å². The van der Waals surface area contributed by atoms with Crippen LogP contribution in [0.4, 0.5) is 11.4 Å². The Morgan fingerprint density at radius 2 is 1.77 bits per heavy atom. The number of nitrogens with zero attached hydrogens (tertiary/aromatic N) is 2. The van der Waals surface area contributed by atoms with Crippen LogP contribution in [0.3, 0.4) is 0 Å². The fraction of sp³-hybridized carbons (Fsp3) is 0.105. The molecule has 0 spiro atoms. The number of fused-ring (bicyclic) bond motifs is 1. The Morgan fingerprint density at radius 3 is 2.41 bits per heavy atom. The summed E-state index contributed by atoms with van der Waals surface area (Å²) in [6.07, 6.45) is 5.33. The normalized spacial score (nSPS) is 13.0. The summed E-state index contributed by atoms with van der Waals surface area (Å²) in [5.41, 5.74) is 3.48. The predicted octanol–water partition coefficient (Wildman–Crippen LogP) is 3.28. The molecule has 0 N–H and O–H groups in total. The SMILES string of the molecule is C#Cc1ccc(C(=O)CN2C(=C)N(C)c3ccccc32)cc1. The molecule has 0 radical (unpaired) electrons. The molecule has 0 saturated carbocycles. The number of Topliss-reactive ketones (excluding diaryl/α,β-unsaturated/α-hetero) is 1. The number of hydrogen-bond acceptors (Lipinski definition) is 3. The Hall–Kier alpha value is -2.99. The van der Waals surface area contributed by atoms with Gasteiger partial charge in [0.25, 0.3) is 0 Å². The van der Waals surface area contributed by atoms with Crippen LogP contribution in [0.5, 0.6) is 0 Å². The molecule has 3 heteroatoms. The van der Waals surface area contributed by atoms with Crippen LogP contribution in [0, 0.1) is 12.3 Å². The molecule has 1 aliphatic heterocycles. The van der Waals surface area contributed by atoms with E-state index in [-0.39, 0.29) is 12.3 Å². The molecule has 0 aromatic heterocycles. The van der Waals surface area contributed by atoms with Crippen LogP contribution >= 0.6 is 0 Å². The van der Waals surface area contributed by atoms with Gasteiger partial charge in [-0.2, -0.15) is 0 Å². The second-order valence-corrected chi connectivity index (χ2v) is 5.19. The zero-order chi connectivity index (χ0) is 15.7. The number of carbonyl (C=O) groups excluding carboxylic acids is 1. The molecule has 1 heterocycles. The Labute approximate surface area is 130 Å². The molecule has 108 valence electrons. The molecule has 0 bridgehead atoms. The topological polar surface area (TPSA) is 23.6 Å². The molecular formula is C19H16N2O. The average Bonchev–Trinajstić information content (AvgIpc) is 2.80. The summed E-state index contributed by atoms with van der Waals surface area (Å²) in [7, 11) is 1.95. The quantitative estimate of drug-likeness (QED) is 0.639. The number of benzene rings is 2. The molecule has 0 unspecified atom stereocenters. The van der Waals surface area contributed by atoms with Crippen molar-refractivity contribution in [3.05, 3.63) is 72.1 Å². The molecular weight excluding hydrogens is 272 g/mol. The monoisotopic (exact) mass is 288 g/mol. The Bertz CT molecular complexity index is 784. The first kappa shape index (κ1) is 14.0. The summed E-state index contributed by atoms with van der Waals surface area (Å²) < 4.78 is 0. The first-order valence-corrected chi connectivity index (χ1v) is 7.01. The van der Waals surface area contributed by atoms with Gasteiger partial charge in [-0.3, -0.25) is 4.79 Å². The van der Waals surface area contributed by atoms with Gasteiger partial charge in [0, 0.05) is 18.2 Å². The lowest BCUT2D eigenvalue weighted by molar-refractivity contribution is 0.100. The van der Waals surface area contributed by atoms with Gasteiger partial charge in [0.15, 0.2) is 5.78 Å². The van der Waals surface area contributed by atoms with Crippen LogP contribution in [0.2, 0.25) is 0 Å². The Balaban J connectivity index is 1.85. The minimum absolute atomic E-state index is 0.0369. The predicted molar refractivity (Wildman–Crippen MR) is 90.0 cm³/mol. The molecule has 3 rings (SSSR count). The van der Waals surface area contributed by atoms with E-state index in [2.05, 4.69) is 12.5 Å². The van der Waals surface area contributed by atoms with Crippen molar-refractivity contribution in [3.8, 4) is 12.3 Å². The zero-order valence-corrected chi connectivity index (χ0v) is 12.4. The van der Waals surface area contributed by atoms with Crippen molar-refractivity contribution in [3.63, 3.8) is 0 Å². The minimum atomic E-state index is 0.0369. The molecule has 0 fully saturated rings. The van der Waals surface area contributed by atoms with Gasteiger partial charge in [-0.25, -0.2) is 0 Å². The molecule has 0 aliphatic carbocycles. The van der Waals surface area contributed by atoms with Crippen LogP contribution in [0.25, 0.3) is 0 Å². The van der Waals surface area contributed by atoms with Crippen LogP contribution in [0.1, 0.15) is 15.9 Å². The number of rotatable bonds is 3. The van der Waals surface area contributed by atoms with Gasteiger partial charge in [-0.1, -0.05) is 36.8 Å². The number of ketones is 1. The molecule has 0 saturated heterocycles. The van der Waals surface area contributed by atoms with Crippen LogP contribution in [-0.2, 0) is 0 Å². The molecule has 0 atom stereocenters. The number of terminal acetylenes is 1. The van der Waals surface area contributed by atoms with Crippen molar-refractivity contribution >= 4 is 17.2 Å². The van der Waals surface area contributed by atoms with Gasteiger partial charge >= 0.3 is 0 Å². The van der Waals surface area contributed by atoms with Crippen molar-refractivity contribution in [2.45, 2.75) is 0 Å². The zero-order valence-electron chi connectivity index (χ0n) is 12.4. The molecule has 2 aromatic rings. The minimum Gasteiger partial charge on any atom is -0.330 e. The van der Waals surface area contributed by atoms with Crippen molar-refractivity contribution in [1.82, 2.24) is 0 Å². The van der Waals surface area contributed by atoms with E-state index >= 15 is 0 Å². The standard InChI is InChI=1S/C19H16N2O/c1-4-15-9-11-16(12-10-15)19(22)13-21-14(2)20(3)17-7-5-6-8-18(17)21/h1,5-12H,2,13H2,3H3. The highest BCUT2D eigenvalue weighted by Crippen LogP contribution is 2.39. The van der Waals surface area contributed by atoms with Crippen molar-refractivity contribution in [1.29, 1.82) is 0 Å². The summed E-state index contributed by atoms with van der Waals surface area (Å²) in [5.74, 6) is 3.39. The highest BCUT2D eigenvalue weighted by atomic mass is 16.1. The van der Waals surface area contributed by atoms with Gasteiger partial charge in [-0.15, -0.1) is 6.42 Å². The lowest BCUT2D eigenvalue weighted by atomic mass is 10.1. The maximum absolute atomic E-state index is 12.5. The van der Waals surface area contributed by atoms with E-state index in [9.17, 15) is 4.79 Å². The lowest BCUT2D eigenvalue weighted by Gasteiger charge is -2.21. The largest absolute Gasteiger partial charge is 0.330 e.